The van der Waals surface area contributed by atoms with Gasteiger partial charge >= 0.3 is 0 Å². The highest BCUT2D eigenvalue weighted by Crippen LogP contribution is 2.27. The van der Waals surface area contributed by atoms with Crippen LogP contribution >= 0.6 is 0 Å². The van der Waals surface area contributed by atoms with Gasteiger partial charge < -0.3 is 4.42 Å². The molecule has 1 heterocycles. The van der Waals surface area contributed by atoms with Gasteiger partial charge in [-0.2, -0.15) is 0 Å². The van der Waals surface area contributed by atoms with Crippen molar-refractivity contribution in [1.29, 1.82) is 0 Å². The summed E-state index contributed by atoms with van der Waals surface area (Å²) in [5.74, 6) is 1.41. The molecule has 0 bridgehead atoms. The molecule has 0 saturated heterocycles. The van der Waals surface area contributed by atoms with E-state index in [1.807, 2.05) is 31.2 Å². The Kier molecular flexibility index (Phi) is 2.32. The molecule has 2 aromatic rings. The number of aryl methyl sites for hydroxylation is 2. The van der Waals surface area contributed by atoms with E-state index in [0.717, 1.165) is 24.2 Å². The van der Waals surface area contributed by atoms with Crippen LogP contribution in [0.1, 0.15) is 34.7 Å². The lowest BCUT2D eigenvalue weighted by Gasteiger charge is -2.04. The van der Waals surface area contributed by atoms with Crippen molar-refractivity contribution in [2.75, 3.05) is 0 Å². The number of rotatable bonds is 1. The maximum absolute atomic E-state index is 11.7. The minimum absolute atomic E-state index is 0.105. The average molecular weight is 227 g/mol. The standard InChI is InChI=1S/C14H13NO2/c1-9-5-7-10(8-6-9)14-15-13-11(16)3-2-4-12(13)17-14/h5-8H,2-4H2,1H3. The highest BCUT2D eigenvalue weighted by molar-refractivity contribution is 5.96. The van der Waals surface area contributed by atoms with Gasteiger partial charge in [-0.3, -0.25) is 4.79 Å². The summed E-state index contributed by atoms with van der Waals surface area (Å²) in [5.41, 5.74) is 2.66. The zero-order valence-corrected chi connectivity index (χ0v) is 9.69. The smallest absolute Gasteiger partial charge is 0.226 e. The van der Waals surface area contributed by atoms with Crippen LogP contribution in [0, 0.1) is 6.92 Å². The predicted molar refractivity (Wildman–Crippen MR) is 63.9 cm³/mol. The molecule has 0 saturated carbocycles. The van der Waals surface area contributed by atoms with Gasteiger partial charge in [0.2, 0.25) is 5.89 Å². The summed E-state index contributed by atoms with van der Waals surface area (Å²) in [6, 6.07) is 7.97. The summed E-state index contributed by atoms with van der Waals surface area (Å²) in [6.45, 7) is 2.04. The predicted octanol–water partition coefficient (Wildman–Crippen LogP) is 3.17. The molecule has 0 N–H and O–H groups in total. The van der Waals surface area contributed by atoms with Gasteiger partial charge in [0.15, 0.2) is 5.78 Å². The van der Waals surface area contributed by atoms with Gasteiger partial charge in [-0.15, -0.1) is 0 Å². The third-order valence-corrected chi connectivity index (χ3v) is 3.07. The molecule has 3 nitrogen and oxygen atoms in total. The van der Waals surface area contributed by atoms with Crippen LogP contribution in [0.15, 0.2) is 28.7 Å². The van der Waals surface area contributed by atoms with Crippen LogP contribution < -0.4 is 0 Å². The fourth-order valence-electron chi connectivity index (χ4n) is 2.09. The van der Waals surface area contributed by atoms with Gasteiger partial charge in [0, 0.05) is 18.4 Å². The second-order valence-corrected chi connectivity index (χ2v) is 4.43. The van der Waals surface area contributed by atoms with Crippen LogP contribution in [0.3, 0.4) is 0 Å². The molecule has 0 radical (unpaired) electrons. The number of Topliss-reactive ketones (excluding diaryl/α,β-unsaturated/α-hetero) is 1. The fourth-order valence-corrected chi connectivity index (χ4v) is 2.09. The number of fused-ring (bicyclic) bond motifs is 1. The van der Waals surface area contributed by atoms with Crippen LogP contribution in [-0.2, 0) is 6.42 Å². The number of hydrogen-bond acceptors (Lipinski definition) is 3. The minimum atomic E-state index is 0.105. The number of carbonyl (C=O) groups excluding carboxylic acids is 1. The fraction of sp³-hybridized carbons (Fsp3) is 0.286. The Morgan fingerprint density at radius 2 is 1.94 bits per heavy atom. The Hall–Kier alpha value is -1.90. The Balaban J connectivity index is 2.05. The number of hydrogen-bond donors (Lipinski definition) is 0. The number of oxazole rings is 1. The first-order chi connectivity index (χ1) is 8.24. The third-order valence-electron chi connectivity index (χ3n) is 3.07. The van der Waals surface area contributed by atoms with E-state index in [0.29, 0.717) is 18.0 Å². The molecule has 0 spiro atoms. The molecule has 0 fully saturated rings. The zero-order valence-electron chi connectivity index (χ0n) is 9.69. The molecule has 3 heteroatoms. The molecule has 0 aliphatic heterocycles. The first-order valence-electron chi connectivity index (χ1n) is 5.84. The molecule has 1 aromatic carbocycles. The van der Waals surface area contributed by atoms with Gasteiger partial charge in [0.05, 0.1) is 0 Å². The summed E-state index contributed by atoms with van der Waals surface area (Å²) < 4.78 is 5.67. The quantitative estimate of drug-likeness (QED) is 0.751. The summed E-state index contributed by atoms with van der Waals surface area (Å²) in [5, 5.41) is 0. The van der Waals surface area contributed by atoms with Crippen LogP contribution in [0.25, 0.3) is 11.5 Å². The molecule has 1 aliphatic rings. The maximum atomic E-state index is 11.7. The molecular formula is C14H13NO2. The van der Waals surface area contributed by atoms with Gasteiger partial charge in [-0.05, 0) is 25.5 Å². The Bertz CT molecular complexity index is 566. The maximum Gasteiger partial charge on any atom is 0.226 e. The van der Waals surface area contributed by atoms with Crippen molar-refractivity contribution in [3.63, 3.8) is 0 Å². The van der Waals surface area contributed by atoms with Crippen LogP contribution in [0.2, 0.25) is 0 Å². The zero-order chi connectivity index (χ0) is 11.8. The molecule has 1 aromatic heterocycles. The number of nitrogens with zero attached hydrogens (tertiary/aromatic N) is 1. The van der Waals surface area contributed by atoms with Gasteiger partial charge in [-0.25, -0.2) is 4.98 Å². The first kappa shape index (κ1) is 10.3. The highest BCUT2D eigenvalue weighted by Gasteiger charge is 2.24. The topological polar surface area (TPSA) is 43.1 Å². The molecule has 1 aliphatic carbocycles. The van der Waals surface area contributed by atoms with Crippen LogP contribution in [0.4, 0.5) is 0 Å². The van der Waals surface area contributed by atoms with Crippen molar-refractivity contribution in [3.05, 3.63) is 41.3 Å². The number of benzene rings is 1. The largest absolute Gasteiger partial charge is 0.440 e. The molecule has 3 rings (SSSR count). The highest BCUT2D eigenvalue weighted by atomic mass is 16.4. The second-order valence-electron chi connectivity index (χ2n) is 4.43. The normalized spacial score (nSPS) is 14.8. The van der Waals surface area contributed by atoms with Gasteiger partial charge in [-0.1, -0.05) is 17.7 Å². The molecule has 0 amide bonds. The molecule has 86 valence electrons. The van der Waals surface area contributed by atoms with Crippen molar-refractivity contribution in [2.45, 2.75) is 26.2 Å². The lowest BCUT2D eigenvalue weighted by atomic mass is 10.0. The Morgan fingerprint density at radius 1 is 1.18 bits per heavy atom. The van der Waals surface area contributed by atoms with Crippen LogP contribution in [-0.4, -0.2) is 10.8 Å². The van der Waals surface area contributed by atoms with Crippen molar-refractivity contribution in [3.8, 4) is 11.5 Å². The lowest BCUT2D eigenvalue weighted by molar-refractivity contribution is 0.0965. The monoisotopic (exact) mass is 227 g/mol. The van der Waals surface area contributed by atoms with Crippen molar-refractivity contribution >= 4 is 5.78 Å². The van der Waals surface area contributed by atoms with E-state index in [9.17, 15) is 4.79 Å². The minimum Gasteiger partial charge on any atom is -0.440 e. The van der Waals surface area contributed by atoms with Crippen molar-refractivity contribution in [2.24, 2.45) is 0 Å². The van der Waals surface area contributed by atoms with E-state index < -0.39 is 0 Å². The Labute approximate surface area is 99.5 Å². The number of ketones is 1. The van der Waals surface area contributed by atoms with E-state index in [-0.39, 0.29) is 5.78 Å². The number of aromatic nitrogens is 1. The van der Waals surface area contributed by atoms with Gasteiger partial charge in [0.25, 0.3) is 0 Å². The summed E-state index contributed by atoms with van der Waals surface area (Å²) >= 11 is 0. The van der Waals surface area contributed by atoms with Crippen molar-refractivity contribution < 1.29 is 9.21 Å². The van der Waals surface area contributed by atoms with E-state index in [1.165, 1.54) is 5.56 Å². The summed E-state index contributed by atoms with van der Waals surface area (Å²) in [4.78, 5) is 16.0. The van der Waals surface area contributed by atoms with E-state index in [1.54, 1.807) is 0 Å². The molecule has 0 unspecified atom stereocenters. The molecular weight excluding hydrogens is 214 g/mol. The second kappa shape index (κ2) is 3.84. The molecule has 17 heavy (non-hydrogen) atoms. The Morgan fingerprint density at radius 3 is 2.65 bits per heavy atom. The van der Waals surface area contributed by atoms with E-state index in [2.05, 4.69) is 4.98 Å². The van der Waals surface area contributed by atoms with E-state index in [4.69, 9.17) is 4.42 Å². The first-order valence-corrected chi connectivity index (χ1v) is 5.84. The third kappa shape index (κ3) is 1.78. The molecule has 0 atom stereocenters. The summed E-state index contributed by atoms with van der Waals surface area (Å²) in [6.07, 6.45) is 2.28. The van der Waals surface area contributed by atoms with E-state index >= 15 is 0 Å². The van der Waals surface area contributed by atoms with Crippen molar-refractivity contribution in [1.82, 2.24) is 4.98 Å². The summed E-state index contributed by atoms with van der Waals surface area (Å²) in [7, 11) is 0. The van der Waals surface area contributed by atoms with Gasteiger partial charge in [0.1, 0.15) is 11.5 Å². The van der Waals surface area contributed by atoms with Crippen LogP contribution in [0.5, 0.6) is 0 Å². The number of carbonyl (C=O) groups is 1. The average Bonchev–Trinajstić information content (AvgIpc) is 2.75. The SMILES string of the molecule is Cc1ccc(-c2nc3c(o2)CCCC3=O)cc1. The lowest BCUT2D eigenvalue weighted by Crippen LogP contribution is -2.09.